The summed E-state index contributed by atoms with van der Waals surface area (Å²) in [6.07, 6.45) is 0. The molecule has 5 heteroatoms. The average molecular weight is 254 g/mol. The number of thiazole rings is 1. The molecule has 0 spiro atoms. The van der Waals surface area contributed by atoms with Crippen molar-refractivity contribution in [2.24, 2.45) is 5.73 Å². The molecule has 0 aliphatic rings. The summed E-state index contributed by atoms with van der Waals surface area (Å²) in [4.78, 5) is 5.24. The van der Waals surface area contributed by atoms with Crippen LogP contribution in [0.2, 0.25) is 0 Å². The zero-order chi connectivity index (χ0) is 12.6. The van der Waals surface area contributed by atoms with E-state index in [2.05, 4.69) is 4.98 Å². The van der Waals surface area contributed by atoms with Crippen molar-refractivity contribution in [2.75, 3.05) is 0 Å². The largest absolute Gasteiger partial charge is 0.318 e. The predicted molar refractivity (Wildman–Crippen MR) is 64.0 cm³/mol. The van der Waals surface area contributed by atoms with Crippen LogP contribution in [-0.4, -0.2) is 4.98 Å². The topological polar surface area (TPSA) is 38.9 Å². The van der Waals surface area contributed by atoms with E-state index < -0.39 is 17.7 Å². The lowest BCUT2D eigenvalue weighted by atomic mass is 10.1. The molecule has 0 radical (unpaired) electrons. The SMILES string of the molecule is Cc1nc(C(N)c2c(F)cccc2F)sc1C. The quantitative estimate of drug-likeness (QED) is 0.894. The molecule has 0 saturated heterocycles. The van der Waals surface area contributed by atoms with E-state index in [1.165, 1.54) is 29.5 Å². The van der Waals surface area contributed by atoms with Gasteiger partial charge in [-0.25, -0.2) is 13.8 Å². The minimum Gasteiger partial charge on any atom is -0.318 e. The first-order valence-corrected chi connectivity index (χ1v) is 5.95. The Labute approximate surface area is 102 Å². The van der Waals surface area contributed by atoms with Gasteiger partial charge in [0.25, 0.3) is 0 Å². The van der Waals surface area contributed by atoms with E-state index in [4.69, 9.17) is 5.73 Å². The van der Waals surface area contributed by atoms with E-state index in [-0.39, 0.29) is 5.56 Å². The Morgan fingerprint density at radius 1 is 1.24 bits per heavy atom. The lowest BCUT2D eigenvalue weighted by Gasteiger charge is -2.10. The Morgan fingerprint density at radius 3 is 2.29 bits per heavy atom. The van der Waals surface area contributed by atoms with E-state index in [1.54, 1.807) is 0 Å². The fourth-order valence-corrected chi connectivity index (χ4v) is 2.50. The smallest absolute Gasteiger partial charge is 0.131 e. The highest BCUT2D eigenvalue weighted by Crippen LogP contribution is 2.29. The van der Waals surface area contributed by atoms with Gasteiger partial charge in [-0.1, -0.05) is 6.07 Å². The van der Waals surface area contributed by atoms with E-state index in [0.717, 1.165) is 10.6 Å². The highest BCUT2D eigenvalue weighted by molar-refractivity contribution is 7.11. The molecule has 1 unspecified atom stereocenters. The lowest BCUT2D eigenvalue weighted by Crippen LogP contribution is -2.15. The first-order valence-electron chi connectivity index (χ1n) is 5.14. The highest BCUT2D eigenvalue weighted by Gasteiger charge is 2.21. The Kier molecular flexibility index (Phi) is 3.22. The summed E-state index contributed by atoms with van der Waals surface area (Å²) < 4.78 is 27.1. The molecular formula is C12H12F2N2S. The van der Waals surface area contributed by atoms with Crippen molar-refractivity contribution in [3.63, 3.8) is 0 Å². The van der Waals surface area contributed by atoms with Gasteiger partial charge in [0, 0.05) is 10.4 Å². The molecule has 1 atom stereocenters. The van der Waals surface area contributed by atoms with Gasteiger partial charge < -0.3 is 5.73 Å². The maximum atomic E-state index is 13.6. The second-order valence-electron chi connectivity index (χ2n) is 3.81. The second-order valence-corrected chi connectivity index (χ2v) is 5.04. The number of nitrogens with zero attached hydrogens (tertiary/aromatic N) is 1. The third-order valence-corrected chi connectivity index (χ3v) is 3.78. The molecule has 2 nitrogen and oxygen atoms in total. The maximum absolute atomic E-state index is 13.6. The van der Waals surface area contributed by atoms with E-state index in [9.17, 15) is 8.78 Å². The zero-order valence-electron chi connectivity index (χ0n) is 9.50. The summed E-state index contributed by atoms with van der Waals surface area (Å²) in [6.45, 7) is 3.75. The van der Waals surface area contributed by atoms with E-state index >= 15 is 0 Å². The summed E-state index contributed by atoms with van der Waals surface area (Å²) >= 11 is 1.37. The van der Waals surface area contributed by atoms with Crippen molar-refractivity contribution in [3.8, 4) is 0 Å². The number of rotatable bonds is 2. The molecule has 0 saturated carbocycles. The Bertz CT molecular complexity index is 512. The average Bonchev–Trinajstić information content (AvgIpc) is 2.59. The number of hydrogen-bond acceptors (Lipinski definition) is 3. The minimum atomic E-state index is -0.853. The van der Waals surface area contributed by atoms with E-state index in [0.29, 0.717) is 5.01 Å². The summed E-state index contributed by atoms with van der Waals surface area (Å²) in [7, 11) is 0. The Morgan fingerprint density at radius 2 is 1.82 bits per heavy atom. The van der Waals surface area contributed by atoms with Gasteiger partial charge in [0.2, 0.25) is 0 Å². The fourth-order valence-electron chi connectivity index (χ4n) is 1.56. The molecule has 0 bridgehead atoms. The summed E-state index contributed by atoms with van der Waals surface area (Å²) in [6, 6.07) is 2.87. The van der Waals surface area contributed by atoms with Crippen molar-refractivity contribution >= 4 is 11.3 Å². The van der Waals surface area contributed by atoms with Crippen LogP contribution in [0.3, 0.4) is 0 Å². The normalized spacial score (nSPS) is 12.8. The van der Waals surface area contributed by atoms with Gasteiger partial charge >= 0.3 is 0 Å². The van der Waals surface area contributed by atoms with Gasteiger partial charge in [0.05, 0.1) is 11.7 Å². The number of aryl methyl sites for hydroxylation is 2. The van der Waals surface area contributed by atoms with Crippen molar-refractivity contribution in [2.45, 2.75) is 19.9 Å². The van der Waals surface area contributed by atoms with Gasteiger partial charge in [-0.05, 0) is 26.0 Å². The summed E-state index contributed by atoms with van der Waals surface area (Å²) in [5.41, 5.74) is 6.59. The van der Waals surface area contributed by atoms with Crippen LogP contribution >= 0.6 is 11.3 Å². The highest BCUT2D eigenvalue weighted by atomic mass is 32.1. The standard InChI is InChI=1S/C12H12F2N2S/c1-6-7(2)17-12(16-6)11(15)10-8(13)4-3-5-9(10)14/h3-5,11H,15H2,1-2H3. The Hall–Kier alpha value is -1.33. The monoisotopic (exact) mass is 254 g/mol. The number of halogens is 2. The number of aromatic nitrogens is 1. The van der Waals surface area contributed by atoms with Crippen molar-refractivity contribution in [1.82, 2.24) is 4.98 Å². The summed E-state index contributed by atoms with van der Waals surface area (Å²) in [5.74, 6) is -1.27. The van der Waals surface area contributed by atoms with Crippen LogP contribution in [0.25, 0.3) is 0 Å². The van der Waals surface area contributed by atoms with Crippen LogP contribution in [0.5, 0.6) is 0 Å². The molecular weight excluding hydrogens is 242 g/mol. The van der Waals surface area contributed by atoms with Crippen LogP contribution in [0.1, 0.15) is 27.2 Å². The molecule has 17 heavy (non-hydrogen) atoms. The lowest BCUT2D eigenvalue weighted by molar-refractivity contribution is 0.543. The van der Waals surface area contributed by atoms with E-state index in [1.807, 2.05) is 13.8 Å². The second kappa shape index (κ2) is 4.50. The first-order chi connectivity index (χ1) is 8.00. The van der Waals surface area contributed by atoms with Crippen LogP contribution in [-0.2, 0) is 0 Å². The molecule has 1 aromatic carbocycles. The van der Waals surface area contributed by atoms with Crippen LogP contribution in [0.15, 0.2) is 18.2 Å². The minimum absolute atomic E-state index is 0.124. The fraction of sp³-hybridized carbons (Fsp3) is 0.250. The van der Waals surface area contributed by atoms with Gasteiger partial charge in [-0.2, -0.15) is 0 Å². The molecule has 0 aliphatic carbocycles. The van der Waals surface area contributed by atoms with Crippen LogP contribution in [0, 0.1) is 25.5 Å². The molecule has 2 rings (SSSR count). The number of hydrogen-bond donors (Lipinski definition) is 1. The van der Waals surface area contributed by atoms with Crippen molar-refractivity contribution < 1.29 is 8.78 Å². The molecule has 1 heterocycles. The zero-order valence-corrected chi connectivity index (χ0v) is 10.3. The molecule has 90 valence electrons. The van der Waals surface area contributed by atoms with Gasteiger partial charge in [0.15, 0.2) is 0 Å². The third-order valence-electron chi connectivity index (χ3n) is 2.62. The van der Waals surface area contributed by atoms with Gasteiger partial charge in [0.1, 0.15) is 16.6 Å². The molecule has 0 fully saturated rings. The van der Waals surface area contributed by atoms with Gasteiger partial charge in [-0.3, -0.25) is 0 Å². The van der Waals surface area contributed by atoms with Gasteiger partial charge in [-0.15, -0.1) is 11.3 Å². The first kappa shape index (κ1) is 12.1. The van der Waals surface area contributed by atoms with Crippen LogP contribution < -0.4 is 5.73 Å². The number of benzene rings is 1. The molecule has 2 N–H and O–H groups in total. The third kappa shape index (κ3) is 2.21. The molecule has 1 aromatic heterocycles. The molecule has 2 aromatic rings. The van der Waals surface area contributed by atoms with Crippen molar-refractivity contribution in [1.29, 1.82) is 0 Å². The predicted octanol–water partition coefficient (Wildman–Crippen LogP) is 3.09. The summed E-state index contributed by atoms with van der Waals surface area (Å²) in [5, 5.41) is 0.531. The van der Waals surface area contributed by atoms with Crippen LogP contribution in [0.4, 0.5) is 8.78 Å². The Balaban J connectivity index is 2.47. The van der Waals surface area contributed by atoms with Crippen molar-refractivity contribution in [3.05, 3.63) is 51.0 Å². The molecule has 0 amide bonds. The maximum Gasteiger partial charge on any atom is 0.131 e. The number of nitrogens with two attached hydrogens (primary N) is 1. The molecule has 0 aliphatic heterocycles.